The number of carbonyl (C=O) groups excluding carboxylic acids is 2. The van der Waals surface area contributed by atoms with Gasteiger partial charge in [-0.2, -0.15) is 0 Å². The Morgan fingerprint density at radius 1 is 1.39 bits per heavy atom. The van der Waals surface area contributed by atoms with Crippen LogP contribution in [0.1, 0.15) is 48.2 Å². The lowest BCUT2D eigenvalue weighted by Gasteiger charge is -2.30. The van der Waals surface area contributed by atoms with Crippen molar-refractivity contribution in [3.63, 3.8) is 0 Å². The Bertz CT molecular complexity index is 562. The summed E-state index contributed by atoms with van der Waals surface area (Å²) in [6, 6.07) is 0. The fourth-order valence-corrected chi connectivity index (χ4v) is 3.76. The quantitative estimate of drug-likeness (QED) is 0.820. The summed E-state index contributed by atoms with van der Waals surface area (Å²) >= 11 is 1.68. The number of aryl methyl sites for hydroxylation is 1. The molecule has 0 saturated carbocycles. The molecule has 1 aliphatic heterocycles. The molecule has 0 aromatic carbocycles. The molecule has 0 spiro atoms. The van der Waals surface area contributed by atoms with Crippen LogP contribution < -0.4 is 11.1 Å². The van der Waals surface area contributed by atoms with Crippen molar-refractivity contribution in [1.82, 2.24) is 15.2 Å². The van der Waals surface area contributed by atoms with Crippen LogP contribution in [0.2, 0.25) is 0 Å². The van der Waals surface area contributed by atoms with Crippen LogP contribution in [0.25, 0.3) is 0 Å². The van der Waals surface area contributed by atoms with Gasteiger partial charge in [-0.25, -0.2) is 4.98 Å². The average molecular weight is 338 g/mol. The number of hydrogen-bond donors (Lipinski definition) is 2. The highest BCUT2D eigenvalue weighted by molar-refractivity contribution is 7.11. The van der Waals surface area contributed by atoms with Gasteiger partial charge in [0.25, 0.3) is 0 Å². The lowest BCUT2D eigenvalue weighted by atomic mass is 9.96. The third-order valence-corrected chi connectivity index (χ3v) is 5.62. The van der Waals surface area contributed by atoms with E-state index in [1.165, 1.54) is 0 Å². The van der Waals surface area contributed by atoms with Gasteiger partial charge in [0.1, 0.15) is 0 Å². The highest BCUT2D eigenvalue weighted by atomic mass is 32.1. The van der Waals surface area contributed by atoms with Gasteiger partial charge < -0.3 is 11.1 Å². The normalized spacial score (nSPS) is 16.7. The minimum absolute atomic E-state index is 0.0249. The minimum Gasteiger partial charge on any atom is -0.369 e. The van der Waals surface area contributed by atoms with Gasteiger partial charge in [-0.3, -0.25) is 14.5 Å². The van der Waals surface area contributed by atoms with E-state index in [-0.39, 0.29) is 24.3 Å². The van der Waals surface area contributed by atoms with Crippen molar-refractivity contribution >= 4 is 23.2 Å². The van der Waals surface area contributed by atoms with Crippen LogP contribution in [0.3, 0.4) is 0 Å². The second-order valence-corrected chi connectivity index (χ2v) is 7.57. The number of hydrogen-bond acceptors (Lipinski definition) is 5. The number of thiazole rings is 1. The molecule has 0 bridgehead atoms. The molecule has 2 rings (SSSR count). The van der Waals surface area contributed by atoms with E-state index in [9.17, 15) is 9.59 Å². The standard InChI is InChI=1S/C16H26N4O2S/c1-10(2)16-19-11(3)13(23-16)8-18-15(22)12-4-6-20(7-5-12)9-14(17)21/h10,12H,4-9H2,1-3H3,(H2,17,21)(H,18,22). The number of aromatic nitrogens is 1. The van der Waals surface area contributed by atoms with Gasteiger partial charge in [-0.1, -0.05) is 13.8 Å². The number of nitrogens with zero attached hydrogens (tertiary/aromatic N) is 2. The highest BCUT2D eigenvalue weighted by Gasteiger charge is 2.25. The number of rotatable bonds is 6. The molecule has 128 valence electrons. The molecule has 0 radical (unpaired) electrons. The molecule has 23 heavy (non-hydrogen) atoms. The molecule has 0 aliphatic carbocycles. The molecule has 1 fully saturated rings. The van der Waals surface area contributed by atoms with E-state index in [0.29, 0.717) is 12.5 Å². The molecule has 3 N–H and O–H groups in total. The molecule has 2 heterocycles. The number of likely N-dealkylation sites (tertiary alicyclic amines) is 1. The summed E-state index contributed by atoms with van der Waals surface area (Å²) < 4.78 is 0. The van der Waals surface area contributed by atoms with E-state index >= 15 is 0 Å². The SMILES string of the molecule is Cc1nc(C(C)C)sc1CNC(=O)C1CCN(CC(N)=O)CC1. The topological polar surface area (TPSA) is 88.3 Å². The number of primary amides is 1. The number of carbonyl (C=O) groups is 2. The van der Waals surface area contributed by atoms with Crippen molar-refractivity contribution in [3.8, 4) is 0 Å². The van der Waals surface area contributed by atoms with Crippen molar-refractivity contribution in [1.29, 1.82) is 0 Å². The first-order valence-electron chi connectivity index (χ1n) is 8.11. The summed E-state index contributed by atoms with van der Waals surface area (Å²) in [5, 5.41) is 4.16. The van der Waals surface area contributed by atoms with E-state index in [4.69, 9.17) is 5.73 Å². The molecule has 6 nitrogen and oxygen atoms in total. The summed E-state index contributed by atoms with van der Waals surface area (Å²) in [4.78, 5) is 30.9. The second-order valence-electron chi connectivity index (χ2n) is 6.45. The van der Waals surface area contributed by atoms with Crippen LogP contribution in [0.15, 0.2) is 0 Å². The van der Waals surface area contributed by atoms with Crippen LogP contribution in [-0.4, -0.2) is 41.3 Å². The van der Waals surface area contributed by atoms with Crippen molar-refractivity contribution in [3.05, 3.63) is 15.6 Å². The van der Waals surface area contributed by atoms with Crippen molar-refractivity contribution in [2.45, 2.75) is 46.1 Å². The first-order chi connectivity index (χ1) is 10.9. The predicted octanol–water partition coefficient (Wildman–Crippen LogP) is 1.39. The Labute approximate surface area is 141 Å². The molecule has 0 unspecified atom stereocenters. The maximum absolute atomic E-state index is 12.3. The molecule has 1 aromatic rings. The minimum atomic E-state index is -0.311. The summed E-state index contributed by atoms with van der Waals surface area (Å²) in [5.41, 5.74) is 6.21. The largest absolute Gasteiger partial charge is 0.369 e. The maximum Gasteiger partial charge on any atom is 0.231 e. The molecular weight excluding hydrogens is 312 g/mol. The van der Waals surface area contributed by atoms with Gasteiger partial charge >= 0.3 is 0 Å². The number of amides is 2. The number of piperidine rings is 1. The number of nitrogens with one attached hydrogen (secondary N) is 1. The highest BCUT2D eigenvalue weighted by Crippen LogP contribution is 2.24. The predicted molar refractivity (Wildman–Crippen MR) is 91.1 cm³/mol. The molecular formula is C16H26N4O2S. The zero-order chi connectivity index (χ0) is 17.0. The van der Waals surface area contributed by atoms with Crippen LogP contribution in [0, 0.1) is 12.8 Å². The second kappa shape index (κ2) is 7.88. The van der Waals surface area contributed by atoms with Crippen molar-refractivity contribution in [2.24, 2.45) is 11.7 Å². The Morgan fingerprint density at radius 3 is 2.57 bits per heavy atom. The third kappa shape index (κ3) is 5.00. The third-order valence-electron chi connectivity index (χ3n) is 4.16. The van der Waals surface area contributed by atoms with Gasteiger partial charge in [-0.15, -0.1) is 11.3 Å². The van der Waals surface area contributed by atoms with Crippen LogP contribution in [0.5, 0.6) is 0 Å². The molecule has 0 atom stereocenters. The van der Waals surface area contributed by atoms with Crippen molar-refractivity contribution < 1.29 is 9.59 Å². The summed E-state index contributed by atoms with van der Waals surface area (Å²) in [7, 11) is 0. The zero-order valence-corrected chi connectivity index (χ0v) is 14.9. The number of nitrogens with two attached hydrogens (primary N) is 1. The van der Waals surface area contributed by atoms with Crippen LogP contribution in [0.4, 0.5) is 0 Å². The Kier molecular flexibility index (Phi) is 6.12. The van der Waals surface area contributed by atoms with E-state index in [1.807, 2.05) is 11.8 Å². The first kappa shape index (κ1) is 17.9. The van der Waals surface area contributed by atoms with Crippen molar-refractivity contribution in [2.75, 3.05) is 19.6 Å². The molecule has 1 saturated heterocycles. The average Bonchev–Trinajstić information content (AvgIpc) is 2.86. The summed E-state index contributed by atoms with van der Waals surface area (Å²) in [6.45, 7) is 8.58. The first-order valence-corrected chi connectivity index (χ1v) is 8.93. The summed E-state index contributed by atoms with van der Waals surface area (Å²) in [6.07, 6.45) is 1.55. The smallest absolute Gasteiger partial charge is 0.231 e. The fourth-order valence-electron chi connectivity index (χ4n) is 2.75. The molecule has 7 heteroatoms. The fraction of sp³-hybridized carbons (Fsp3) is 0.688. The molecule has 2 amide bonds. The molecule has 1 aromatic heterocycles. The van der Waals surface area contributed by atoms with Gasteiger partial charge in [-0.05, 0) is 32.9 Å². The van der Waals surface area contributed by atoms with Crippen LogP contribution >= 0.6 is 11.3 Å². The Balaban J connectivity index is 1.81. The molecule has 1 aliphatic rings. The Morgan fingerprint density at radius 2 is 2.04 bits per heavy atom. The van der Waals surface area contributed by atoms with E-state index in [1.54, 1.807) is 11.3 Å². The van der Waals surface area contributed by atoms with E-state index < -0.39 is 0 Å². The lowest BCUT2D eigenvalue weighted by Crippen LogP contribution is -2.43. The van der Waals surface area contributed by atoms with Gasteiger partial charge in [0.05, 0.1) is 23.8 Å². The lowest BCUT2D eigenvalue weighted by molar-refractivity contribution is -0.126. The van der Waals surface area contributed by atoms with Gasteiger partial charge in [0.15, 0.2) is 0 Å². The summed E-state index contributed by atoms with van der Waals surface area (Å²) in [5.74, 6) is 0.229. The van der Waals surface area contributed by atoms with Crippen LogP contribution in [-0.2, 0) is 16.1 Å². The maximum atomic E-state index is 12.3. The zero-order valence-electron chi connectivity index (χ0n) is 14.1. The van der Waals surface area contributed by atoms with Gasteiger partial charge in [0.2, 0.25) is 11.8 Å². The van der Waals surface area contributed by atoms with E-state index in [2.05, 4.69) is 24.1 Å². The van der Waals surface area contributed by atoms with Gasteiger partial charge in [0, 0.05) is 16.7 Å². The Hall–Kier alpha value is -1.47. The monoisotopic (exact) mass is 338 g/mol. The van der Waals surface area contributed by atoms with E-state index in [0.717, 1.165) is 41.5 Å².